The summed E-state index contributed by atoms with van der Waals surface area (Å²) in [5.41, 5.74) is -0.00768. The molecule has 0 heterocycles. The fourth-order valence-electron chi connectivity index (χ4n) is 1.87. The third-order valence-electron chi connectivity index (χ3n) is 3.06. The van der Waals surface area contributed by atoms with E-state index in [9.17, 15) is 13.2 Å². The lowest BCUT2D eigenvalue weighted by molar-refractivity contribution is 0.457. The Morgan fingerprint density at radius 1 is 1.11 bits per heavy atom. The zero-order valence-corrected chi connectivity index (χ0v) is 10.9. The van der Waals surface area contributed by atoms with E-state index in [0.29, 0.717) is 18.8 Å². The molecule has 1 atom stereocenters. The van der Waals surface area contributed by atoms with E-state index in [0.717, 1.165) is 31.6 Å². The number of nitrogens with one attached hydrogen (secondary N) is 1. The molecule has 0 aromatic heterocycles. The highest BCUT2D eigenvalue weighted by molar-refractivity contribution is 5.20. The first-order valence-corrected chi connectivity index (χ1v) is 6.38. The number of halogens is 3. The van der Waals surface area contributed by atoms with Crippen LogP contribution in [-0.4, -0.2) is 13.1 Å². The highest BCUT2D eigenvalue weighted by Crippen LogP contribution is 2.19. The number of benzene rings is 1. The second kappa shape index (κ2) is 7.41. The average Bonchev–Trinajstić information content (AvgIpc) is 2.27. The van der Waals surface area contributed by atoms with Gasteiger partial charge in [-0.2, -0.15) is 0 Å². The van der Waals surface area contributed by atoms with E-state index in [1.54, 1.807) is 0 Å². The van der Waals surface area contributed by atoms with Gasteiger partial charge in [-0.25, -0.2) is 13.2 Å². The fourth-order valence-corrected chi connectivity index (χ4v) is 1.87. The van der Waals surface area contributed by atoms with Crippen LogP contribution < -0.4 is 5.32 Å². The fraction of sp³-hybridized carbons (Fsp3) is 0.571. The summed E-state index contributed by atoms with van der Waals surface area (Å²) in [6, 6.07) is 1.48. The van der Waals surface area contributed by atoms with E-state index in [4.69, 9.17) is 0 Å². The van der Waals surface area contributed by atoms with Gasteiger partial charge in [0.05, 0.1) is 0 Å². The zero-order valence-electron chi connectivity index (χ0n) is 10.9. The first-order valence-electron chi connectivity index (χ1n) is 6.38. The normalized spacial score (nSPS) is 12.7. The van der Waals surface area contributed by atoms with Gasteiger partial charge in [0, 0.05) is 17.7 Å². The van der Waals surface area contributed by atoms with Gasteiger partial charge >= 0.3 is 0 Å². The molecule has 0 saturated carbocycles. The van der Waals surface area contributed by atoms with Crippen molar-refractivity contribution in [3.05, 3.63) is 35.1 Å². The van der Waals surface area contributed by atoms with Crippen molar-refractivity contribution >= 4 is 0 Å². The largest absolute Gasteiger partial charge is 0.317 e. The highest BCUT2D eigenvalue weighted by atomic mass is 19.1. The van der Waals surface area contributed by atoms with Crippen molar-refractivity contribution in [2.24, 2.45) is 5.92 Å². The topological polar surface area (TPSA) is 12.0 Å². The van der Waals surface area contributed by atoms with Crippen LogP contribution in [0.3, 0.4) is 0 Å². The van der Waals surface area contributed by atoms with Crippen LogP contribution in [0, 0.1) is 23.4 Å². The molecule has 18 heavy (non-hydrogen) atoms. The van der Waals surface area contributed by atoms with E-state index < -0.39 is 17.5 Å². The van der Waals surface area contributed by atoms with Gasteiger partial charge in [0.25, 0.3) is 0 Å². The van der Waals surface area contributed by atoms with Crippen LogP contribution in [-0.2, 0) is 6.42 Å². The Bertz CT molecular complexity index is 356. The quantitative estimate of drug-likeness (QED) is 0.737. The van der Waals surface area contributed by atoms with Crippen LogP contribution in [0.4, 0.5) is 13.2 Å². The summed E-state index contributed by atoms with van der Waals surface area (Å²) in [5, 5.41) is 3.21. The molecule has 0 aliphatic carbocycles. The van der Waals surface area contributed by atoms with Crippen molar-refractivity contribution in [3.8, 4) is 0 Å². The van der Waals surface area contributed by atoms with Crippen molar-refractivity contribution in [2.75, 3.05) is 13.1 Å². The van der Waals surface area contributed by atoms with Crippen LogP contribution in [0.2, 0.25) is 0 Å². The molecule has 0 aliphatic heterocycles. The Kier molecular flexibility index (Phi) is 6.19. The highest BCUT2D eigenvalue weighted by Gasteiger charge is 2.12. The van der Waals surface area contributed by atoms with Crippen LogP contribution in [0.15, 0.2) is 12.1 Å². The van der Waals surface area contributed by atoms with Crippen LogP contribution in [0.1, 0.15) is 32.3 Å². The molecule has 1 N–H and O–H groups in total. The molecule has 4 heteroatoms. The second-order valence-electron chi connectivity index (χ2n) is 4.63. The van der Waals surface area contributed by atoms with Gasteiger partial charge in [-0.05, 0) is 38.3 Å². The minimum absolute atomic E-state index is 0.00768. The monoisotopic (exact) mass is 259 g/mol. The molecule has 1 nitrogen and oxygen atoms in total. The molecule has 0 aliphatic rings. The minimum Gasteiger partial charge on any atom is -0.317 e. The number of hydrogen-bond donors (Lipinski definition) is 1. The summed E-state index contributed by atoms with van der Waals surface area (Å²) < 4.78 is 39.5. The lowest BCUT2D eigenvalue weighted by atomic mass is 9.97. The van der Waals surface area contributed by atoms with Crippen molar-refractivity contribution in [1.82, 2.24) is 5.32 Å². The van der Waals surface area contributed by atoms with Gasteiger partial charge < -0.3 is 5.32 Å². The maximum absolute atomic E-state index is 13.4. The van der Waals surface area contributed by atoms with Crippen LogP contribution in [0.5, 0.6) is 0 Å². The number of rotatable bonds is 7. The standard InChI is InChI=1S/C14H20F3N/c1-3-18-7-6-10(2)4-5-12-13(16)8-11(15)9-14(12)17/h8-10,18H,3-7H2,1-2H3. The molecule has 0 amide bonds. The maximum Gasteiger partial charge on any atom is 0.132 e. The zero-order chi connectivity index (χ0) is 13.5. The minimum atomic E-state index is -0.867. The summed E-state index contributed by atoms with van der Waals surface area (Å²) in [6.45, 7) is 5.92. The molecule has 1 rings (SSSR count). The predicted octanol–water partition coefficient (Wildman–Crippen LogP) is 3.67. The van der Waals surface area contributed by atoms with Gasteiger partial charge in [-0.1, -0.05) is 13.8 Å². The van der Waals surface area contributed by atoms with Crippen molar-refractivity contribution in [3.63, 3.8) is 0 Å². The Morgan fingerprint density at radius 3 is 2.28 bits per heavy atom. The van der Waals surface area contributed by atoms with Gasteiger partial charge in [0.2, 0.25) is 0 Å². The Labute approximate surface area is 106 Å². The molecule has 0 saturated heterocycles. The summed E-state index contributed by atoms with van der Waals surface area (Å²) in [5.74, 6) is -2.06. The van der Waals surface area contributed by atoms with Crippen molar-refractivity contribution in [2.45, 2.75) is 33.1 Å². The Morgan fingerprint density at radius 2 is 1.72 bits per heavy atom. The van der Waals surface area contributed by atoms with E-state index >= 15 is 0 Å². The van der Waals surface area contributed by atoms with E-state index in [2.05, 4.69) is 12.2 Å². The third-order valence-corrected chi connectivity index (χ3v) is 3.06. The molecule has 102 valence electrons. The van der Waals surface area contributed by atoms with Gasteiger partial charge in [-0.3, -0.25) is 0 Å². The van der Waals surface area contributed by atoms with E-state index in [-0.39, 0.29) is 5.56 Å². The first kappa shape index (κ1) is 15.0. The van der Waals surface area contributed by atoms with E-state index in [1.165, 1.54) is 0 Å². The Balaban J connectivity index is 2.48. The summed E-state index contributed by atoms with van der Waals surface area (Å²) in [6.07, 6.45) is 1.98. The SMILES string of the molecule is CCNCCC(C)CCc1c(F)cc(F)cc1F. The van der Waals surface area contributed by atoms with E-state index in [1.807, 2.05) is 6.92 Å². The molecule has 1 aromatic carbocycles. The lowest BCUT2D eigenvalue weighted by Gasteiger charge is -2.12. The summed E-state index contributed by atoms with van der Waals surface area (Å²) >= 11 is 0. The smallest absolute Gasteiger partial charge is 0.132 e. The molecular formula is C14H20F3N. The van der Waals surface area contributed by atoms with Crippen molar-refractivity contribution < 1.29 is 13.2 Å². The molecule has 1 unspecified atom stereocenters. The lowest BCUT2D eigenvalue weighted by Crippen LogP contribution is -2.16. The third kappa shape index (κ3) is 4.69. The number of hydrogen-bond acceptors (Lipinski definition) is 1. The maximum atomic E-state index is 13.4. The van der Waals surface area contributed by atoms with Gasteiger partial charge in [-0.15, -0.1) is 0 Å². The van der Waals surface area contributed by atoms with Gasteiger partial charge in [0.1, 0.15) is 17.5 Å². The van der Waals surface area contributed by atoms with Crippen molar-refractivity contribution in [1.29, 1.82) is 0 Å². The average molecular weight is 259 g/mol. The molecule has 0 radical (unpaired) electrons. The van der Waals surface area contributed by atoms with Crippen LogP contribution >= 0.6 is 0 Å². The first-order chi connectivity index (χ1) is 8.54. The molecule has 1 aromatic rings. The molecular weight excluding hydrogens is 239 g/mol. The van der Waals surface area contributed by atoms with Gasteiger partial charge in [0.15, 0.2) is 0 Å². The molecule has 0 fully saturated rings. The predicted molar refractivity (Wildman–Crippen MR) is 67.0 cm³/mol. The Hall–Kier alpha value is -1.03. The summed E-state index contributed by atoms with van der Waals surface area (Å²) in [4.78, 5) is 0. The molecule has 0 spiro atoms. The molecule has 0 bridgehead atoms. The second-order valence-corrected chi connectivity index (χ2v) is 4.63. The summed E-state index contributed by atoms with van der Waals surface area (Å²) in [7, 11) is 0. The van der Waals surface area contributed by atoms with Crippen LogP contribution in [0.25, 0.3) is 0 Å².